The topological polar surface area (TPSA) is 21.3 Å². The molecular weight excluding hydrogens is 229 g/mol. The van der Waals surface area contributed by atoms with Crippen molar-refractivity contribution in [2.75, 3.05) is 19.8 Å². The lowest BCUT2D eigenvalue weighted by atomic mass is 9.93. The van der Waals surface area contributed by atoms with E-state index in [0.717, 1.165) is 38.2 Å². The molecule has 100 valence electrons. The Balaban J connectivity index is 2.09. The number of rotatable bonds is 5. The number of hydrogen-bond donors (Lipinski definition) is 1. The van der Waals surface area contributed by atoms with E-state index in [2.05, 4.69) is 12.2 Å². The second-order valence-electron chi connectivity index (χ2n) is 5.08. The average molecular weight is 251 g/mol. The highest BCUT2D eigenvalue weighted by Crippen LogP contribution is 2.27. The fourth-order valence-corrected chi connectivity index (χ4v) is 2.57. The van der Waals surface area contributed by atoms with Gasteiger partial charge in [-0.2, -0.15) is 0 Å². The van der Waals surface area contributed by atoms with Gasteiger partial charge in [-0.15, -0.1) is 0 Å². The number of hydrogen-bond acceptors (Lipinski definition) is 2. The first-order valence-electron chi connectivity index (χ1n) is 6.78. The molecule has 1 aromatic rings. The van der Waals surface area contributed by atoms with Gasteiger partial charge >= 0.3 is 0 Å². The molecule has 1 saturated heterocycles. The monoisotopic (exact) mass is 251 g/mol. The first-order valence-corrected chi connectivity index (χ1v) is 6.78. The molecular formula is C15H22FNO. The van der Waals surface area contributed by atoms with E-state index >= 15 is 0 Å². The van der Waals surface area contributed by atoms with Crippen LogP contribution in [0, 0.1) is 18.7 Å². The summed E-state index contributed by atoms with van der Waals surface area (Å²) in [4.78, 5) is 0. The van der Waals surface area contributed by atoms with Gasteiger partial charge in [0, 0.05) is 19.3 Å². The number of ether oxygens (including phenoxy) is 1. The lowest BCUT2D eigenvalue weighted by Gasteiger charge is -2.21. The number of benzene rings is 1. The van der Waals surface area contributed by atoms with Crippen molar-refractivity contribution in [1.29, 1.82) is 0 Å². The van der Waals surface area contributed by atoms with E-state index in [9.17, 15) is 4.39 Å². The van der Waals surface area contributed by atoms with E-state index in [0.29, 0.717) is 12.0 Å². The molecule has 0 bridgehead atoms. The summed E-state index contributed by atoms with van der Waals surface area (Å²) >= 11 is 0. The van der Waals surface area contributed by atoms with Crippen LogP contribution in [0.3, 0.4) is 0 Å². The van der Waals surface area contributed by atoms with Crippen LogP contribution in [0.4, 0.5) is 4.39 Å². The third-order valence-corrected chi connectivity index (χ3v) is 3.63. The molecule has 1 aromatic carbocycles. The molecule has 3 heteroatoms. The van der Waals surface area contributed by atoms with Crippen LogP contribution < -0.4 is 5.32 Å². The first kappa shape index (κ1) is 13.5. The summed E-state index contributed by atoms with van der Waals surface area (Å²) in [5, 5.41) is 3.49. The van der Waals surface area contributed by atoms with Crippen molar-refractivity contribution in [2.45, 2.75) is 32.7 Å². The van der Waals surface area contributed by atoms with Gasteiger partial charge in [0.1, 0.15) is 5.82 Å². The van der Waals surface area contributed by atoms with Crippen molar-refractivity contribution in [3.8, 4) is 0 Å². The molecule has 1 N–H and O–H groups in total. The van der Waals surface area contributed by atoms with Crippen LogP contribution in [0.5, 0.6) is 0 Å². The fraction of sp³-hybridized carbons (Fsp3) is 0.600. The van der Waals surface area contributed by atoms with Crippen LogP contribution in [-0.4, -0.2) is 19.8 Å². The molecule has 2 nitrogen and oxygen atoms in total. The van der Waals surface area contributed by atoms with E-state index in [1.165, 1.54) is 5.56 Å². The highest BCUT2D eigenvalue weighted by atomic mass is 19.1. The van der Waals surface area contributed by atoms with Crippen molar-refractivity contribution in [3.05, 3.63) is 35.1 Å². The fourth-order valence-electron chi connectivity index (χ4n) is 2.57. The predicted molar refractivity (Wildman–Crippen MR) is 71.1 cm³/mol. The number of halogens is 1. The average Bonchev–Trinajstić information content (AvgIpc) is 2.85. The minimum atomic E-state index is -0.127. The molecule has 0 spiro atoms. The van der Waals surface area contributed by atoms with Crippen LogP contribution in [-0.2, 0) is 4.74 Å². The molecule has 1 aliphatic rings. The zero-order valence-electron chi connectivity index (χ0n) is 11.2. The third kappa shape index (κ3) is 3.30. The van der Waals surface area contributed by atoms with Gasteiger partial charge in [0.15, 0.2) is 0 Å². The van der Waals surface area contributed by atoms with Crippen LogP contribution in [0.2, 0.25) is 0 Å². The van der Waals surface area contributed by atoms with Gasteiger partial charge in [0.2, 0.25) is 0 Å². The smallest absolute Gasteiger partial charge is 0.126 e. The summed E-state index contributed by atoms with van der Waals surface area (Å²) in [5.74, 6) is 0.498. The lowest BCUT2D eigenvalue weighted by Crippen LogP contribution is -2.24. The third-order valence-electron chi connectivity index (χ3n) is 3.63. The molecule has 2 unspecified atom stereocenters. The lowest BCUT2D eigenvalue weighted by molar-refractivity contribution is 0.181. The maximum Gasteiger partial charge on any atom is 0.126 e. The molecule has 0 amide bonds. The summed E-state index contributed by atoms with van der Waals surface area (Å²) in [6.07, 6.45) is 2.21. The Morgan fingerprint density at radius 2 is 2.33 bits per heavy atom. The second kappa shape index (κ2) is 6.30. The van der Waals surface area contributed by atoms with Gasteiger partial charge in [-0.3, -0.25) is 0 Å². The van der Waals surface area contributed by atoms with Crippen LogP contribution >= 0.6 is 0 Å². The number of nitrogens with one attached hydrogen (secondary N) is 1. The van der Waals surface area contributed by atoms with Crippen LogP contribution in [0.1, 0.15) is 36.9 Å². The van der Waals surface area contributed by atoms with Crippen molar-refractivity contribution < 1.29 is 9.13 Å². The highest BCUT2D eigenvalue weighted by molar-refractivity contribution is 5.26. The predicted octanol–water partition coefficient (Wildman–Crippen LogP) is 3.21. The Morgan fingerprint density at radius 3 is 2.94 bits per heavy atom. The normalized spacial score (nSPS) is 21.2. The molecule has 0 saturated carbocycles. The quantitative estimate of drug-likeness (QED) is 0.867. The SMILES string of the molecule is CCNC(CC1CCOC1)c1ccc(F)c(C)c1. The first-order chi connectivity index (χ1) is 8.70. The Hall–Kier alpha value is -0.930. The highest BCUT2D eigenvalue weighted by Gasteiger charge is 2.21. The van der Waals surface area contributed by atoms with E-state index < -0.39 is 0 Å². The number of aryl methyl sites for hydroxylation is 1. The van der Waals surface area contributed by atoms with Crippen molar-refractivity contribution in [3.63, 3.8) is 0 Å². The maximum atomic E-state index is 13.3. The molecule has 2 atom stereocenters. The van der Waals surface area contributed by atoms with E-state index in [1.54, 1.807) is 6.07 Å². The van der Waals surface area contributed by atoms with Gasteiger partial charge in [0.25, 0.3) is 0 Å². The van der Waals surface area contributed by atoms with Gasteiger partial charge in [-0.05, 0) is 49.4 Å². The summed E-state index contributed by atoms with van der Waals surface area (Å²) in [6.45, 7) is 6.59. The van der Waals surface area contributed by atoms with Gasteiger partial charge < -0.3 is 10.1 Å². The second-order valence-corrected chi connectivity index (χ2v) is 5.08. The van der Waals surface area contributed by atoms with Gasteiger partial charge in [0.05, 0.1) is 0 Å². The van der Waals surface area contributed by atoms with Gasteiger partial charge in [-0.25, -0.2) is 4.39 Å². The molecule has 0 radical (unpaired) electrons. The van der Waals surface area contributed by atoms with Crippen LogP contribution in [0.25, 0.3) is 0 Å². The summed E-state index contributed by atoms with van der Waals surface area (Å²) in [7, 11) is 0. The Kier molecular flexibility index (Phi) is 4.72. The molecule has 0 aromatic heterocycles. The van der Waals surface area contributed by atoms with Crippen molar-refractivity contribution in [2.24, 2.45) is 5.92 Å². The summed E-state index contributed by atoms with van der Waals surface area (Å²) in [5.41, 5.74) is 1.90. The Bertz CT molecular complexity index is 388. The molecule has 18 heavy (non-hydrogen) atoms. The van der Waals surface area contributed by atoms with Crippen LogP contribution in [0.15, 0.2) is 18.2 Å². The summed E-state index contributed by atoms with van der Waals surface area (Å²) in [6, 6.07) is 5.73. The molecule has 1 aliphatic heterocycles. The van der Waals surface area contributed by atoms with E-state index in [4.69, 9.17) is 4.74 Å². The van der Waals surface area contributed by atoms with Crippen molar-refractivity contribution >= 4 is 0 Å². The Labute approximate surface area is 109 Å². The molecule has 1 fully saturated rings. The Morgan fingerprint density at radius 1 is 1.50 bits per heavy atom. The zero-order chi connectivity index (χ0) is 13.0. The minimum Gasteiger partial charge on any atom is -0.381 e. The maximum absolute atomic E-state index is 13.3. The van der Waals surface area contributed by atoms with E-state index in [1.807, 2.05) is 19.1 Å². The molecule has 1 heterocycles. The summed E-state index contributed by atoms with van der Waals surface area (Å²) < 4.78 is 18.7. The minimum absolute atomic E-state index is 0.127. The molecule has 0 aliphatic carbocycles. The van der Waals surface area contributed by atoms with Crippen molar-refractivity contribution in [1.82, 2.24) is 5.32 Å². The molecule has 2 rings (SSSR count). The van der Waals surface area contributed by atoms with E-state index in [-0.39, 0.29) is 5.82 Å². The largest absolute Gasteiger partial charge is 0.381 e. The zero-order valence-corrected chi connectivity index (χ0v) is 11.2. The van der Waals surface area contributed by atoms with Gasteiger partial charge in [-0.1, -0.05) is 19.1 Å². The standard InChI is InChI=1S/C15H22FNO/c1-3-17-15(9-12-6-7-18-10-12)13-4-5-14(16)11(2)8-13/h4-5,8,12,15,17H,3,6-7,9-10H2,1-2H3.